The molecule has 0 unspecified atom stereocenters. The van der Waals surface area contributed by atoms with Crippen molar-refractivity contribution >= 4 is 23.5 Å². The van der Waals surface area contributed by atoms with Crippen molar-refractivity contribution in [2.45, 2.75) is 19.3 Å². The number of carbonyl (C=O) groups is 1. The Bertz CT molecular complexity index is 793. The number of amides is 1. The number of anilines is 2. The van der Waals surface area contributed by atoms with Gasteiger partial charge in [0.1, 0.15) is 11.6 Å². The molecule has 1 saturated heterocycles. The number of nitrogens with zero attached hydrogens (tertiary/aromatic N) is 2. The molecular weight excluding hydrogens is 314 g/mol. The van der Waals surface area contributed by atoms with E-state index in [1.165, 1.54) is 24.5 Å². The second-order valence-electron chi connectivity index (χ2n) is 6.38. The van der Waals surface area contributed by atoms with Crippen molar-refractivity contribution in [1.82, 2.24) is 4.98 Å². The minimum absolute atomic E-state index is 0.182. The number of carbonyl (C=O) groups excluding carboxylic acids is 1. The number of hydrogen-bond donors (Lipinski definition) is 1. The van der Waals surface area contributed by atoms with Gasteiger partial charge in [0.15, 0.2) is 0 Å². The van der Waals surface area contributed by atoms with Gasteiger partial charge in [-0.1, -0.05) is 6.07 Å². The molecule has 0 atom stereocenters. The largest absolute Gasteiger partial charge is 0.493 e. The van der Waals surface area contributed by atoms with E-state index in [1.54, 1.807) is 0 Å². The van der Waals surface area contributed by atoms with Crippen LogP contribution in [0.25, 0.3) is 6.08 Å². The van der Waals surface area contributed by atoms with E-state index in [1.807, 2.05) is 36.5 Å². The third kappa shape index (κ3) is 3.65. The van der Waals surface area contributed by atoms with Crippen LogP contribution in [0.5, 0.6) is 5.75 Å². The first-order chi connectivity index (χ1) is 12.3. The fourth-order valence-corrected chi connectivity index (χ4v) is 3.27. The molecule has 2 aliphatic heterocycles. The van der Waals surface area contributed by atoms with Crippen LogP contribution >= 0.6 is 0 Å². The average molecular weight is 335 g/mol. The lowest BCUT2D eigenvalue weighted by Gasteiger charge is -2.16. The molecule has 4 rings (SSSR count). The molecule has 1 aromatic carbocycles. The SMILES string of the molecule is O=C(C=Cc1ccc2c(c1)CCO2)Nc1ccc(N2CCCC2)cn1. The molecule has 25 heavy (non-hydrogen) atoms. The lowest BCUT2D eigenvalue weighted by Crippen LogP contribution is -2.18. The van der Waals surface area contributed by atoms with Gasteiger partial charge >= 0.3 is 0 Å². The zero-order valence-electron chi connectivity index (χ0n) is 14.1. The molecule has 2 aliphatic rings. The zero-order valence-corrected chi connectivity index (χ0v) is 14.1. The summed E-state index contributed by atoms with van der Waals surface area (Å²) >= 11 is 0. The number of rotatable bonds is 4. The van der Waals surface area contributed by atoms with Gasteiger partial charge in [0, 0.05) is 25.6 Å². The fourth-order valence-electron chi connectivity index (χ4n) is 3.27. The summed E-state index contributed by atoms with van der Waals surface area (Å²) in [6.45, 7) is 2.91. The Kier molecular flexibility index (Phi) is 4.37. The highest BCUT2D eigenvalue weighted by molar-refractivity contribution is 6.01. The maximum atomic E-state index is 12.1. The van der Waals surface area contributed by atoms with Gasteiger partial charge in [-0.15, -0.1) is 0 Å². The van der Waals surface area contributed by atoms with Crippen LogP contribution in [0.4, 0.5) is 11.5 Å². The van der Waals surface area contributed by atoms with Crippen molar-refractivity contribution in [3.63, 3.8) is 0 Å². The van der Waals surface area contributed by atoms with Gasteiger partial charge in [-0.25, -0.2) is 4.98 Å². The van der Waals surface area contributed by atoms with Crippen LogP contribution in [0.2, 0.25) is 0 Å². The molecule has 0 saturated carbocycles. The van der Waals surface area contributed by atoms with Gasteiger partial charge in [0.2, 0.25) is 5.91 Å². The molecule has 1 N–H and O–H groups in total. The number of fused-ring (bicyclic) bond motifs is 1. The molecule has 128 valence electrons. The van der Waals surface area contributed by atoms with Gasteiger partial charge in [0.05, 0.1) is 18.5 Å². The van der Waals surface area contributed by atoms with Gasteiger partial charge in [-0.05, 0) is 54.3 Å². The summed E-state index contributed by atoms with van der Waals surface area (Å²) in [5, 5.41) is 2.80. The molecule has 1 aromatic heterocycles. The Hall–Kier alpha value is -2.82. The first kappa shape index (κ1) is 15.7. The Balaban J connectivity index is 1.36. The lowest BCUT2D eigenvalue weighted by molar-refractivity contribution is -0.111. The molecule has 1 fully saturated rings. The molecular formula is C20H21N3O2. The molecule has 3 heterocycles. The van der Waals surface area contributed by atoms with E-state index in [9.17, 15) is 4.79 Å². The van der Waals surface area contributed by atoms with E-state index in [0.717, 1.165) is 43.1 Å². The van der Waals surface area contributed by atoms with Gasteiger partial charge in [-0.2, -0.15) is 0 Å². The van der Waals surface area contributed by atoms with Crippen LogP contribution in [0.1, 0.15) is 24.0 Å². The molecule has 0 aliphatic carbocycles. The second kappa shape index (κ2) is 6.97. The smallest absolute Gasteiger partial charge is 0.249 e. The number of aromatic nitrogens is 1. The topological polar surface area (TPSA) is 54.5 Å². The van der Waals surface area contributed by atoms with Gasteiger partial charge in [-0.3, -0.25) is 4.79 Å². The Morgan fingerprint density at radius 2 is 2.08 bits per heavy atom. The summed E-state index contributed by atoms with van der Waals surface area (Å²) in [7, 11) is 0. The van der Waals surface area contributed by atoms with Crippen LogP contribution in [-0.4, -0.2) is 30.6 Å². The molecule has 0 bridgehead atoms. The summed E-state index contributed by atoms with van der Waals surface area (Å²) in [6, 6.07) is 9.84. The summed E-state index contributed by atoms with van der Waals surface area (Å²) < 4.78 is 5.49. The lowest BCUT2D eigenvalue weighted by atomic mass is 10.1. The number of hydrogen-bond acceptors (Lipinski definition) is 4. The monoisotopic (exact) mass is 335 g/mol. The van der Waals surface area contributed by atoms with E-state index < -0.39 is 0 Å². The first-order valence-corrected chi connectivity index (χ1v) is 8.74. The number of pyridine rings is 1. The van der Waals surface area contributed by atoms with Gasteiger partial charge < -0.3 is 15.0 Å². The minimum atomic E-state index is -0.182. The maximum absolute atomic E-state index is 12.1. The number of benzene rings is 1. The van der Waals surface area contributed by atoms with Crippen molar-refractivity contribution in [3.05, 3.63) is 53.7 Å². The standard InChI is InChI=1S/C20H21N3O2/c24-20(8-4-15-3-6-18-16(13-15)9-12-25-18)22-19-7-5-17(14-21-19)23-10-1-2-11-23/h3-8,13-14H,1-2,9-12H2,(H,21,22,24). The first-order valence-electron chi connectivity index (χ1n) is 8.74. The zero-order chi connectivity index (χ0) is 17.1. The third-order valence-corrected chi connectivity index (χ3v) is 4.61. The van der Waals surface area contributed by atoms with Crippen molar-refractivity contribution in [2.75, 3.05) is 29.9 Å². The summed E-state index contributed by atoms with van der Waals surface area (Å²) in [5.74, 6) is 1.34. The molecule has 0 radical (unpaired) electrons. The Morgan fingerprint density at radius 1 is 1.20 bits per heavy atom. The Labute approximate surface area is 147 Å². The van der Waals surface area contributed by atoms with Crippen LogP contribution in [-0.2, 0) is 11.2 Å². The van der Waals surface area contributed by atoms with E-state index in [4.69, 9.17) is 4.74 Å². The van der Waals surface area contributed by atoms with E-state index in [0.29, 0.717) is 5.82 Å². The predicted molar refractivity (Wildman–Crippen MR) is 99.0 cm³/mol. The molecule has 5 heteroatoms. The van der Waals surface area contributed by atoms with E-state index in [2.05, 4.69) is 21.3 Å². The molecule has 1 amide bonds. The minimum Gasteiger partial charge on any atom is -0.493 e. The van der Waals surface area contributed by atoms with E-state index >= 15 is 0 Å². The van der Waals surface area contributed by atoms with Crippen LogP contribution in [0.15, 0.2) is 42.6 Å². The van der Waals surface area contributed by atoms with Crippen LogP contribution in [0, 0.1) is 0 Å². The number of nitrogens with one attached hydrogen (secondary N) is 1. The molecule has 0 spiro atoms. The van der Waals surface area contributed by atoms with Crippen LogP contribution < -0.4 is 15.0 Å². The highest BCUT2D eigenvalue weighted by atomic mass is 16.5. The summed E-state index contributed by atoms with van der Waals surface area (Å²) in [4.78, 5) is 18.7. The van der Waals surface area contributed by atoms with Crippen molar-refractivity contribution in [1.29, 1.82) is 0 Å². The van der Waals surface area contributed by atoms with Crippen molar-refractivity contribution in [2.24, 2.45) is 0 Å². The third-order valence-electron chi connectivity index (χ3n) is 4.61. The highest BCUT2D eigenvalue weighted by Crippen LogP contribution is 2.26. The molecule has 2 aromatic rings. The van der Waals surface area contributed by atoms with Gasteiger partial charge in [0.25, 0.3) is 0 Å². The van der Waals surface area contributed by atoms with Crippen LogP contribution in [0.3, 0.4) is 0 Å². The average Bonchev–Trinajstić information content (AvgIpc) is 3.32. The second-order valence-corrected chi connectivity index (χ2v) is 6.38. The molecule has 5 nitrogen and oxygen atoms in total. The fraction of sp³-hybridized carbons (Fsp3) is 0.300. The summed E-state index contributed by atoms with van der Waals surface area (Å²) in [6.07, 6.45) is 8.57. The predicted octanol–water partition coefficient (Wildman–Crippen LogP) is 3.27. The quantitative estimate of drug-likeness (QED) is 0.871. The Morgan fingerprint density at radius 3 is 2.88 bits per heavy atom. The highest BCUT2D eigenvalue weighted by Gasteiger charge is 2.13. The maximum Gasteiger partial charge on any atom is 0.249 e. The van der Waals surface area contributed by atoms with Crippen molar-refractivity contribution in [3.8, 4) is 5.75 Å². The van der Waals surface area contributed by atoms with Crippen molar-refractivity contribution < 1.29 is 9.53 Å². The number of ether oxygens (including phenoxy) is 1. The van der Waals surface area contributed by atoms with E-state index in [-0.39, 0.29) is 5.91 Å². The summed E-state index contributed by atoms with van der Waals surface area (Å²) in [5.41, 5.74) is 3.31. The normalized spacial score (nSPS) is 16.1.